The van der Waals surface area contributed by atoms with Crippen molar-refractivity contribution in [3.63, 3.8) is 0 Å². The normalized spacial score (nSPS) is 26.7. The highest BCUT2D eigenvalue weighted by Gasteiger charge is 2.37. The summed E-state index contributed by atoms with van der Waals surface area (Å²) in [6.07, 6.45) is 2.36. The minimum Gasteiger partial charge on any atom is -0.396 e. The molecule has 0 aromatic heterocycles. The lowest BCUT2D eigenvalue weighted by Crippen LogP contribution is -2.54. The average Bonchev–Trinajstić information content (AvgIpc) is 2.72. The van der Waals surface area contributed by atoms with Crippen LogP contribution >= 0.6 is 0 Å². The Morgan fingerprint density at radius 2 is 2.44 bits per heavy atom. The van der Waals surface area contributed by atoms with Crippen LogP contribution in [0.2, 0.25) is 0 Å². The number of hydrogen-bond donors (Lipinski definition) is 3. The maximum Gasteiger partial charge on any atom is 0.242 e. The summed E-state index contributed by atoms with van der Waals surface area (Å²) in [4.78, 5) is 11.7. The predicted molar refractivity (Wildman–Crippen MR) is 60.8 cm³/mol. The van der Waals surface area contributed by atoms with Crippen LogP contribution in [0, 0.1) is 5.92 Å². The van der Waals surface area contributed by atoms with Crippen LogP contribution in [0.25, 0.3) is 0 Å². The molecule has 0 radical (unpaired) electrons. The van der Waals surface area contributed by atoms with Crippen LogP contribution in [0.3, 0.4) is 0 Å². The molecule has 94 valence electrons. The molecule has 0 aromatic carbocycles. The van der Waals surface area contributed by atoms with Crippen LogP contribution in [0.1, 0.15) is 26.2 Å². The van der Waals surface area contributed by atoms with Crippen LogP contribution < -0.4 is 11.1 Å². The second-order valence-corrected chi connectivity index (χ2v) is 4.64. The Bertz CT molecular complexity index is 227. The SMILES string of the molecule is CC(CO)CCCNC(=O)C1(N)CCOC1. The number of nitrogens with two attached hydrogens (primary N) is 1. The molecule has 0 saturated carbocycles. The summed E-state index contributed by atoms with van der Waals surface area (Å²) >= 11 is 0. The summed E-state index contributed by atoms with van der Waals surface area (Å²) in [5, 5.41) is 11.7. The largest absolute Gasteiger partial charge is 0.396 e. The number of nitrogens with one attached hydrogen (secondary N) is 1. The summed E-state index contributed by atoms with van der Waals surface area (Å²) in [6.45, 7) is 3.67. The molecule has 1 aliphatic rings. The van der Waals surface area contributed by atoms with Gasteiger partial charge in [-0.3, -0.25) is 4.79 Å². The first-order valence-electron chi connectivity index (χ1n) is 5.84. The quantitative estimate of drug-likeness (QED) is 0.543. The zero-order valence-corrected chi connectivity index (χ0v) is 9.87. The topological polar surface area (TPSA) is 84.6 Å². The van der Waals surface area contributed by atoms with E-state index in [1.165, 1.54) is 0 Å². The number of carbonyl (C=O) groups excluding carboxylic acids is 1. The van der Waals surface area contributed by atoms with Gasteiger partial charge in [-0.25, -0.2) is 0 Å². The molecular weight excluding hydrogens is 208 g/mol. The van der Waals surface area contributed by atoms with Crippen molar-refractivity contribution >= 4 is 5.91 Å². The lowest BCUT2D eigenvalue weighted by atomic mass is 9.99. The van der Waals surface area contributed by atoms with Gasteiger partial charge in [0.25, 0.3) is 0 Å². The smallest absolute Gasteiger partial charge is 0.242 e. The van der Waals surface area contributed by atoms with Gasteiger partial charge in [0.15, 0.2) is 0 Å². The molecule has 16 heavy (non-hydrogen) atoms. The molecule has 0 bridgehead atoms. The number of aliphatic hydroxyl groups excluding tert-OH is 1. The molecule has 0 aliphatic carbocycles. The van der Waals surface area contributed by atoms with E-state index in [1.807, 2.05) is 6.92 Å². The number of carbonyl (C=O) groups is 1. The number of amides is 1. The fourth-order valence-corrected chi connectivity index (χ4v) is 1.68. The van der Waals surface area contributed by atoms with Crippen LogP contribution in [0.15, 0.2) is 0 Å². The fourth-order valence-electron chi connectivity index (χ4n) is 1.68. The van der Waals surface area contributed by atoms with Crippen molar-refractivity contribution < 1.29 is 14.6 Å². The molecule has 5 heteroatoms. The zero-order chi connectivity index (χ0) is 12.0. The first kappa shape index (κ1) is 13.4. The molecule has 1 amide bonds. The minimum atomic E-state index is -0.831. The van der Waals surface area contributed by atoms with E-state index in [2.05, 4.69) is 5.32 Å². The second kappa shape index (κ2) is 6.18. The van der Waals surface area contributed by atoms with Crippen molar-refractivity contribution in [2.75, 3.05) is 26.4 Å². The van der Waals surface area contributed by atoms with E-state index in [4.69, 9.17) is 15.6 Å². The number of ether oxygens (including phenoxy) is 1. The molecule has 1 rings (SSSR count). The Kier molecular flexibility index (Phi) is 5.18. The standard InChI is InChI=1S/C11H22N2O3/c1-9(7-14)3-2-5-13-10(15)11(12)4-6-16-8-11/h9,14H,2-8,12H2,1H3,(H,13,15). The van der Waals surface area contributed by atoms with Gasteiger partial charge in [0.05, 0.1) is 6.61 Å². The lowest BCUT2D eigenvalue weighted by Gasteiger charge is -2.20. The van der Waals surface area contributed by atoms with Crippen LogP contribution in [-0.4, -0.2) is 42.9 Å². The third-order valence-electron chi connectivity index (χ3n) is 2.98. The van der Waals surface area contributed by atoms with Gasteiger partial charge < -0.3 is 20.9 Å². The van der Waals surface area contributed by atoms with Gasteiger partial charge in [-0.15, -0.1) is 0 Å². The third kappa shape index (κ3) is 3.73. The van der Waals surface area contributed by atoms with E-state index in [9.17, 15) is 4.79 Å². The number of rotatable bonds is 6. The Hall–Kier alpha value is -0.650. The maximum atomic E-state index is 11.7. The van der Waals surface area contributed by atoms with Crippen LogP contribution in [-0.2, 0) is 9.53 Å². The van der Waals surface area contributed by atoms with Gasteiger partial charge in [-0.2, -0.15) is 0 Å². The van der Waals surface area contributed by atoms with Gasteiger partial charge in [-0.1, -0.05) is 6.92 Å². The molecule has 1 aliphatic heterocycles. The van der Waals surface area contributed by atoms with E-state index in [0.717, 1.165) is 12.8 Å². The van der Waals surface area contributed by atoms with Gasteiger partial charge in [0.2, 0.25) is 5.91 Å². The molecule has 5 nitrogen and oxygen atoms in total. The van der Waals surface area contributed by atoms with E-state index in [1.54, 1.807) is 0 Å². The molecule has 1 saturated heterocycles. The van der Waals surface area contributed by atoms with Crippen molar-refractivity contribution in [3.8, 4) is 0 Å². The highest BCUT2D eigenvalue weighted by Crippen LogP contribution is 2.15. The van der Waals surface area contributed by atoms with Crippen LogP contribution in [0.5, 0.6) is 0 Å². The molecule has 1 heterocycles. The molecular formula is C11H22N2O3. The van der Waals surface area contributed by atoms with Crippen molar-refractivity contribution in [1.29, 1.82) is 0 Å². The number of hydrogen-bond acceptors (Lipinski definition) is 4. The van der Waals surface area contributed by atoms with Crippen LogP contribution in [0.4, 0.5) is 0 Å². The molecule has 0 aromatic rings. The lowest BCUT2D eigenvalue weighted by molar-refractivity contribution is -0.126. The molecule has 4 N–H and O–H groups in total. The van der Waals surface area contributed by atoms with Gasteiger partial charge >= 0.3 is 0 Å². The monoisotopic (exact) mass is 230 g/mol. The average molecular weight is 230 g/mol. The zero-order valence-electron chi connectivity index (χ0n) is 9.87. The summed E-state index contributed by atoms with van der Waals surface area (Å²) in [5.74, 6) is 0.167. The van der Waals surface area contributed by atoms with Gasteiger partial charge in [-0.05, 0) is 25.2 Å². The number of aliphatic hydroxyl groups is 1. The van der Waals surface area contributed by atoms with E-state index < -0.39 is 5.54 Å². The van der Waals surface area contributed by atoms with Crippen molar-refractivity contribution in [2.45, 2.75) is 31.7 Å². The molecule has 0 spiro atoms. The van der Waals surface area contributed by atoms with E-state index >= 15 is 0 Å². The highest BCUT2D eigenvalue weighted by atomic mass is 16.5. The van der Waals surface area contributed by atoms with Crippen molar-refractivity contribution in [1.82, 2.24) is 5.32 Å². The summed E-state index contributed by atoms with van der Waals surface area (Å²) in [7, 11) is 0. The Balaban J connectivity index is 2.15. The molecule has 2 unspecified atom stereocenters. The van der Waals surface area contributed by atoms with Gasteiger partial charge in [0.1, 0.15) is 5.54 Å². The van der Waals surface area contributed by atoms with Crippen molar-refractivity contribution in [2.24, 2.45) is 11.7 Å². The maximum absolute atomic E-state index is 11.7. The highest BCUT2D eigenvalue weighted by molar-refractivity contribution is 5.86. The first-order valence-corrected chi connectivity index (χ1v) is 5.84. The van der Waals surface area contributed by atoms with Crippen molar-refractivity contribution in [3.05, 3.63) is 0 Å². The minimum absolute atomic E-state index is 0.123. The molecule has 2 atom stereocenters. The predicted octanol–water partition coefficient (Wildman–Crippen LogP) is -0.371. The third-order valence-corrected chi connectivity index (χ3v) is 2.98. The molecule has 1 fully saturated rings. The van der Waals surface area contributed by atoms with Gasteiger partial charge in [0, 0.05) is 19.8 Å². The second-order valence-electron chi connectivity index (χ2n) is 4.64. The van der Waals surface area contributed by atoms with E-state index in [-0.39, 0.29) is 12.5 Å². The fraction of sp³-hybridized carbons (Fsp3) is 0.909. The Morgan fingerprint density at radius 1 is 1.69 bits per heavy atom. The van der Waals surface area contributed by atoms with E-state index in [0.29, 0.717) is 32.1 Å². The Morgan fingerprint density at radius 3 is 3.00 bits per heavy atom. The summed E-state index contributed by atoms with van der Waals surface area (Å²) in [5.41, 5.74) is 5.06. The first-order chi connectivity index (χ1) is 7.58. The Labute approximate surface area is 96.3 Å². The summed E-state index contributed by atoms with van der Waals surface area (Å²) < 4.78 is 5.12. The summed E-state index contributed by atoms with van der Waals surface area (Å²) in [6, 6.07) is 0.